The first kappa shape index (κ1) is 10.4. The smallest absolute Gasteiger partial charge is 0.248 e. The van der Waals surface area contributed by atoms with E-state index in [2.05, 4.69) is 0 Å². The molecule has 82 valence electrons. The van der Waals surface area contributed by atoms with Gasteiger partial charge in [-0.1, -0.05) is 18.2 Å². The lowest BCUT2D eigenvalue weighted by Crippen LogP contribution is -2.30. The summed E-state index contributed by atoms with van der Waals surface area (Å²) in [4.78, 5) is 0. The van der Waals surface area contributed by atoms with Crippen LogP contribution in [0.1, 0.15) is 25.7 Å². The molecule has 1 nitrogen and oxygen atoms in total. The Hall–Kier alpha value is -1.12. The Labute approximate surface area is 88.1 Å². The first-order valence-corrected chi connectivity index (χ1v) is 5.25. The maximum atomic E-state index is 12.9. The lowest BCUT2D eigenvalue weighted by molar-refractivity contribution is -0.0582. The Morgan fingerprint density at radius 2 is 1.67 bits per heavy atom. The fourth-order valence-corrected chi connectivity index (χ4v) is 1.82. The van der Waals surface area contributed by atoms with Gasteiger partial charge in [0, 0.05) is 12.8 Å². The van der Waals surface area contributed by atoms with Gasteiger partial charge < -0.3 is 4.74 Å². The third-order valence-corrected chi connectivity index (χ3v) is 2.71. The number of hydrogen-bond donors (Lipinski definition) is 0. The van der Waals surface area contributed by atoms with Crippen LogP contribution in [-0.4, -0.2) is 12.0 Å². The molecule has 0 aliphatic heterocycles. The van der Waals surface area contributed by atoms with E-state index in [1.807, 2.05) is 30.3 Å². The average molecular weight is 212 g/mol. The van der Waals surface area contributed by atoms with Gasteiger partial charge in [0.05, 0.1) is 6.10 Å². The third kappa shape index (κ3) is 2.91. The monoisotopic (exact) mass is 212 g/mol. The first-order valence-electron chi connectivity index (χ1n) is 5.25. The van der Waals surface area contributed by atoms with Gasteiger partial charge in [0.1, 0.15) is 5.75 Å². The molecule has 15 heavy (non-hydrogen) atoms. The van der Waals surface area contributed by atoms with Crippen molar-refractivity contribution in [1.82, 2.24) is 0 Å². The van der Waals surface area contributed by atoms with E-state index in [4.69, 9.17) is 4.74 Å². The second kappa shape index (κ2) is 4.17. The zero-order valence-corrected chi connectivity index (χ0v) is 8.46. The van der Waals surface area contributed by atoms with Gasteiger partial charge in [-0.3, -0.25) is 0 Å². The molecule has 3 heteroatoms. The summed E-state index contributed by atoms with van der Waals surface area (Å²) in [6.45, 7) is 0. The van der Waals surface area contributed by atoms with E-state index >= 15 is 0 Å². The number of rotatable bonds is 2. The van der Waals surface area contributed by atoms with E-state index in [0.717, 1.165) is 5.75 Å². The fourth-order valence-electron chi connectivity index (χ4n) is 1.82. The summed E-state index contributed by atoms with van der Waals surface area (Å²) in [6, 6.07) is 9.38. The highest BCUT2D eigenvalue weighted by Gasteiger charge is 2.35. The molecule has 1 aliphatic carbocycles. The van der Waals surface area contributed by atoms with Crippen molar-refractivity contribution in [1.29, 1.82) is 0 Å². The molecule has 0 atom stereocenters. The zero-order chi connectivity index (χ0) is 10.7. The van der Waals surface area contributed by atoms with E-state index < -0.39 is 5.92 Å². The van der Waals surface area contributed by atoms with E-state index in [1.54, 1.807) is 0 Å². The normalized spacial score (nSPS) is 21.2. The number of alkyl halides is 2. The minimum Gasteiger partial charge on any atom is -0.490 e. The van der Waals surface area contributed by atoms with Crippen molar-refractivity contribution < 1.29 is 13.5 Å². The van der Waals surface area contributed by atoms with Crippen molar-refractivity contribution in [3.05, 3.63) is 30.3 Å². The number of para-hydroxylation sites is 1. The molecule has 0 radical (unpaired) electrons. The molecular weight excluding hydrogens is 198 g/mol. The molecule has 1 aliphatic rings. The van der Waals surface area contributed by atoms with Gasteiger partial charge in [0.25, 0.3) is 0 Å². The number of hydrogen-bond acceptors (Lipinski definition) is 1. The van der Waals surface area contributed by atoms with Gasteiger partial charge in [0.15, 0.2) is 0 Å². The minimum atomic E-state index is -2.48. The van der Waals surface area contributed by atoms with Crippen LogP contribution in [0.2, 0.25) is 0 Å². The van der Waals surface area contributed by atoms with Crippen molar-refractivity contribution in [2.75, 3.05) is 0 Å². The van der Waals surface area contributed by atoms with Crippen molar-refractivity contribution in [3.63, 3.8) is 0 Å². The minimum absolute atomic E-state index is 0.0491. The summed E-state index contributed by atoms with van der Waals surface area (Å²) in [5.74, 6) is -1.70. The van der Waals surface area contributed by atoms with Crippen LogP contribution in [0.15, 0.2) is 30.3 Å². The Kier molecular flexibility index (Phi) is 2.89. The Bertz CT molecular complexity index is 301. The molecule has 0 unspecified atom stereocenters. The molecular formula is C12H14F2O. The average Bonchev–Trinajstić information content (AvgIpc) is 2.23. The predicted molar refractivity (Wildman–Crippen MR) is 54.3 cm³/mol. The van der Waals surface area contributed by atoms with Crippen molar-refractivity contribution >= 4 is 0 Å². The molecule has 2 rings (SSSR count). The Morgan fingerprint density at radius 1 is 1.07 bits per heavy atom. The van der Waals surface area contributed by atoms with Gasteiger partial charge >= 0.3 is 0 Å². The highest BCUT2D eigenvalue weighted by Crippen LogP contribution is 2.34. The zero-order valence-electron chi connectivity index (χ0n) is 8.46. The molecule has 0 saturated heterocycles. The quantitative estimate of drug-likeness (QED) is 0.727. The van der Waals surface area contributed by atoms with Crippen LogP contribution in [0.3, 0.4) is 0 Å². The topological polar surface area (TPSA) is 9.23 Å². The summed E-state index contributed by atoms with van der Waals surface area (Å²) in [7, 11) is 0. The van der Waals surface area contributed by atoms with Crippen molar-refractivity contribution in [2.24, 2.45) is 0 Å². The molecule has 0 aromatic heterocycles. The number of ether oxygens (including phenoxy) is 1. The van der Waals surface area contributed by atoms with Gasteiger partial charge in [-0.05, 0) is 25.0 Å². The Morgan fingerprint density at radius 3 is 2.27 bits per heavy atom. The second-order valence-electron chi connectivity index (χ2n) is 3.99. The van der Waals surface area contributed by atoms with Crippen LogP contribution in [0.25, 0.3) is 0 Å². The largest absolute Gasteiger partial charge is 0.490 e. The lowest BCUT2D eigenvalue weighted by Gasteiger charge is -2.28. The third-order valence-electron chi connectivity index (χ3n) is 2.71. The Balaban J connectivity index is 1.88. The second-order valence-corrected chi connectivity index (χ2v) is 3.99. The standard InChI is InChI=1S/C12H14F2O/c13-12(14)8-6-11(7-9-12)15-10-4-2-1-3-5-10/h1-5,11H,6-9H2. The fraction of sp³-hybridized carbons (Fsp3) is 0.500. The SMILES string of the molecule is FC1(F)CCC(Oc2ccccc2)CC1. The molecule has 0 spiro atoms. The van der Waals surface area contributed by atoms with Crippen LogP contribution >= 0.6 is 0 Å². The highest BCUT2D eigenvalue weighted by molar-refractivity contribution is 5.21. The molecule has 0 bridgehead atoms. The van der Waals surface area contributed by atoms with E-state index in [1.165, 1.54) is 0 Å². The summed E-state index contributed by atoms with van der Waals surface area (Å²) in [6.07, 6.45) is 0.741. The van der Waals surface area contributed by atoms with Crippen LogP contribution in [-0.2, 0) is 0 Å². The molecule has 1 saturated carbocycles. The van der Waals surface area contributed by atoms with Crippen LogP contribution in [0, 0.1) is 0 Å². The molecule has 0 heterocycles. The van der Waals surface area contributed by atoms with E-state index in [9.17, 15) is 8.78 Å². The van der Waals surface area contributed by atoms with Crippen LogP contribution in [0.4, 0.5) is 8.78 Å². The van der Waals surface area contributed by atoms with Gasteiger partial charge in [-0.15, -0.1) is 0 Å². The van der Waals surface area contributed by atoms with Gasteiger partial charge in [0.2, 0.25) is 5.92 Å². The lowest BCUT2D eigenvalue weighted by atomic mass is 9.94. The van der Waals surface area contributed by atoms with Crippen molar-refractivity contribution in [2.45, 2.75) is 37.7 Å². The summed E-state index contributed by atoms with van der Waals surface area (Å²) in [5, 5.41) is 0. The molecule has 1 aromatic carbocycles. The summed E-state index contributed by atoms with van der Waals surface area (Å²) in [5.41, 5.74) is 0. The van der Waals surface area contributed by atoms with E-state index in [0.29, 0.717) is 12.8 Å². The molecule has 0 N–H and O–H groups in total. The molecule has 1 fully saturated rings. The maximum absolute atomic E-state index is 12.9. The highest BCUT2D eigenvalue weighted by atomic mass is 19.3. The van der Waals surface area contributed by atoms with Crippen LogP contribution in [0.5, 0.6) is 5.75 Å². The predicted octanol–water partition coefficient (Wildman–Crippen LogP) is 3.64. The maximum Gasteiger partial charge on any atom is 0.248 e. The van der Waals surface area contributed by atoms with Gasteiger partial charge in [-0.2, -0.15) is 0 Å². The van der Waals surface area contributed by atoms with Gasteiger partial charge in [-0.25, -0.2) is 8.78 Å². The number of halogens is 2. The summed E-state index contributed by atoms with van der Waals surface area (Å²) >= 11 is 0. The van der Waals surface area contributed by atoms with E-state index in [-0.39, 0.29) is 18.9 Å². The molecule has 1 aromatic rings. The first-order chi connectivity index (χ1) is 7.16. The van der Waals surface area contributed by atoms with Crippen LogP contribution < -0.4 is 4.74 Å². The van der Waals surface area contributed by atoms with Crippen molar-refractivity contribution in [3.8, 4) is 5.75 Å². The molecule has 0 amide bonds. The number of benzene rings is 1. The summed E-state index contributed by atoms with van der Waals surface area (Å²) < 4.78 is 31.3.